The highest BCUT2D eigenvalue weighted by Gasteiger charge is 2.34. The summed E-state index contributed by atoms with van der Waals surface area (Å²) in [7, 11) is 0. The van der Waals surface area contributed by atoms with Crippen molar-refractivity contribution in [3.05, 3.63) is 12.2 Å². The predicted molar refractivity (Wildman–Crippen MR) is 72.4 cm³/mol. The van der Waals surface area contributed by atoms with Crippen LogP contribution >= 0.6 is 0 Å². The summed E-state index contributed by atoms with van der Waals surface area (Å²) in [4.78, 5) is 0. The Morgan fingerprint density at radius 1 is 1.06 bits per heavy atom. The fourth-order valence-electron chi connectivity index (χ4n) is 3.40. The summed E-state index contributed by atoms with van der Waals surface area (Å²) in [5, 5.41) is 8.54. The van der Waals surface area contributed by atoms with Crippen LogP contribution in [0.5, 0.6) is 0 Å². The zero-order valence-corrected chi connectivity index (χ0v) is 11.9. The van der Waals surface area contributed by atoms with E-state index < -0.39 is 0 Å². The molecule has 3 nitrogen and oxygen atoms in total. The molecule has 0 unspecified atom stereocenters. The molecule has 0 aromatic carbocycles. The van der Waals surface area contributed by atoms with E-state index in [9.17, 15) is 0 Å². The molecule has 1 aromatic rings. The molecule has 0 bridgehead atoms. The lowest BCUT2D eigenvalue weighted by atomic mass is 9.69. The fourth-order valence-corrected chi connectivity index (χ4v) is 3.40. The molecule has 0 atom stereocenters. The molecule has 0 radical (unpaired) electrons. The highest BCUT2D eigenvalue weighted by Crippen LogP contribution is 2.44. The normalized spacial score (nSPS) is 29.5. The Labute approximate surface area is 110 Å². The summed E-state index contributed by atoms with van der Waals surface area (Å²) in [5.74, 6) is 2.81. The van der Waals surface area contributed by atoms with Crippen molar-refractivity contribution < 1.29 is 0 Å². The first-order valence-electron chi connectivity index (χ1n) is 7.45. The minimum Gasteiger partial charge on any atom is -0.314 e. The Hall–Kier alpha value is -0.860. The van der Waals surface area contributed by atoms with E-state index in [2.05, 4.69) is 35.5 Å². The molecular formula is C15H25N3. The summed E-state index contributed by atoms with van der Waals surface area (Å²) in [5.41, 5.74) is 0.467. The zero-order valence-electron chi connectivity index (χ0n) is 11.9. The lowest BCUT2D eigenvalue weighted by Gasteiger charge is -2.36. The van der Waals surface area contributed by atoms with Crippen LogP contribution in [0.2, 0.25) is 0 Å². The molecule has 0 amide bonds. The van der Waals surface area contributed by atoms with Crippen LogP contribution in [-0.4, -0.2) is 14.8 Å². The number of hydrogen-bond donors (Lipinski definition) is 0. The van der Waals surface area contributed by atoms with Crippen LogP contribution in [0, 0.1) is 11.3 Å². The van der Waals surface area contributed by atoms with Gasteiger partial charge in [-0.25, -0.2) is 0 Å². The summed E-state index contributed by atoms with van der Waals surface area (Å²) in [6.07, 6.45) is 9.89. The largest absolute Gasteiger partial charge is 0.314 e. The standard InChI is InChI=1S/C15H25N3/c1-15(2,3)12-6-4-11(5-7-12)14-17-16-10-18(14)13-8-9-13/h10-13H,4-9H2,1-3H3. The van der Waals surface area contributed by atoms with E-state index >= 15 is 0 Å². The summed E-state index contributed by atoms with van der Waals surface area (Å²) in [6, 6.07) is 0.718. The maximum atomic E-state index is 4.40. The number of hydrogen-bond acceptors (Lipinski definition) is 2. The maximum Gasteiger partial charge on any atom is 0.136 e. The average Bonchev–Trinajstić information content (AvgIpc) is 3.06. The smallest absolute Gasteiger partial charge is 0.136 e. The minimum absolute atomic E-state index is 0.467. The van der Waals surface area contributed by atoms with Crippen LogP contribution in [0.15, 0.2) is 6.33 Å². The molecule has 3 rings (SSSR count). The Morgan fingerprint density at radius 3 is 2.28 bits per heavy atom. The van der Waals surface area contributed by atoms with Crippen molar-refractivity contribution in [2.75, 3.05) is 0 Å². The summed E-state index contributed by atoms with van der Waals surface area (Å²) < 4.78 is 2.35. The SMILES string of the molecule is CC(C)(C)C1CCC(c2nncn2C2CC2)CC1. The van der Waals surface area contributed by atoms with Gasteiger partial charge in [-0.05, 0) is 49.9 Å². The number of nitrogens with zero attached hydrogens (tertiary/aromatic N) is 3. The second-order valence-corrected chi connectivity index (χ2v) is 7.24. The molecule has 1 heterocycles. The van der Waals surface area contributed by atoms with E-state index in [0.29, 0.717) is 11.3 Å². The lowest BCUT2D eigenvalue weighted by molar-refractivity contribution is 0.166. The van der Waals surface area contributed by atoms with Gasteiger partial charge in [-0.1, -0.05) is 20.8 Å². The van der Waals surface area contributed by atoms with Crippen LogP contribution in [0.4, 0.5) is 0 Å². The van der Waals surface area contributed by atoms with Crippen molar-refractivity contribution in [2.24, 2.45) is 11.3 Å². The highest BCUT2D eigenvalue weighted by atomic mass is 15.3. The Bertz CT molecular complexity index is 404. The first-order valence-corrected chi connectivity index (χ1v) is 7.45. The predicted octanol–water partition coefficient (Wildman–Crippen LogP) is 3.93. The Morgan fingerprint density at radius 2 is 1.72 bits per heavy atom. The third-order valence-electron chi connectivity index (χ3n) is 4.86. The molecule has 0 saturated heterocycles. The maximum absolute atomic E-state index is 4.40. The lowest BCUT2D eigenvalue weighted by Crippen LogP contribution is -2.26. The van der Waals surface area contributed by atoms with Gasteiger partial charge in [0.25, 0.3) is 0 Å². The topological polar surface area (TPSA) is 30.7 Å². The number of rotatable bonds is 2. The first kappa shape index (κ1) is 12.2. The molecule has 2 aliphatic carbocycles. The van der Waals surface area contributed by atoms with E-state index in [0.717, 1.165) is 12.0 Å². The molecule has 18 heavy (non-hydrogen) atoms. The van der Waals surface area contributed by atoms with E-state index in [-0.39, 0.29) is 0 Å². The molecule has 0 spiro atoms. The average molecular weight is 247 g/mol. The monoisotopic (exact) mass is 247 g/mol. The Kier molecular flexibility index (Phi) is 2.95. The second kappa shape index (κ2) is 4.36. The van der Waals surface area contributed by atoms with Crippen molar-refractivity contribution in [1.82, 2.24) is 14.8 Å². The molecule has 1 aromatic heterocycles. The minimum atomic E-state index is 0.467. The quantitative estimate of drug-likeness (QED) is 0.792. The molecule has 3 heteroatoms. The van der Waals surface area contributed by atoms with Crippen LogP contribution in [-0.2, 0) is 0 Å². The van der Waals surface area contributed by atoms with Crippen molar-refractivity contribution in [3.63, 3.8) is 0 Å². The first-order chi connectivity index (χ1) is 8.55. The van der Waals surface area contributed by atoms with Gasteiger partial charge in [0, 0.05) is 12.0 Å². The third kappa shape index (κ3) is 2.32. The van der Waals surface area contributed by atoms with E-state index in [4.69, 9.17) is 0 Å². The van der Waals surface area contributed by atoms with Gasteiger partial charge in [-0.2, -0.15) is 0 Å². The molecule has 2 saturated carbocycles. The van der Waals surface area contributed by atoms with E-state index in [1.807, 2.05) is 6.33 Å². The van der Waals surface area contributed by atoms with Crippen LogP contribution < -0.4 is 0 Å². The van der Waals surface area contributed by atoms with Gasteiger partial charge in [0.05, 0.1) is 0 Å². The van der Waals surface area contributed by atoms with Gasteiger partial charge in [-0.3, -0.25) is 0 Å². The van der Waals surface area contributed by atoms with Gasteiger partial charge >= 0.3 is 0 Å². The van der Waals surface area contributed by atoms with Crippen molar-refractivity contribution in [3.8, 4) is 0 Å². The van der Waals surface area contributed by atoms with Gasteiger partial charge in [-0.15, -0.1) is 10.2 Å². The van der Waals surface area contributed by atoms with E-state index in [1.165, 1.54) is 44.3 Å². The molecule has 0 N–H and O–H groups in total. The number of aromatic nitrogens is 3. The van der Waals surface area contributed by atoms with Crippen LogP contribution in [0.1, 0.15) is 77.1 Å². The molecule has 0 aliphatic heterocycles. The molecular weight excluding hydrogens is 222 g/mol. The molecule has 100 valence electrons. The van der Waals surface area contributed by atoms with Crippen molar-refractivity contribution in [2.45, 2.75) is 71.3 Å². The third-order valence-corrected chi connectivity index (χ3v) is 4.86. The van der Waals surface area contributed by atoms with E-state index in [1.54, 1.807) is 0 Å². The highest BCUT2D eigenvalue weighted by molar-refractivity contribution is 5.03. The molecule has 2 aliphatic rings. The zero-order chi connectivity index (χ0) is 12.8. The second-order valence-electron chi connectivity index (χ2n) is 7.24. The molecule has 2 fully saturated rings. The fraction of sp³-hybridized carbons (Fsp3) is 0.867. The van der Waals surface area contributed by atoms with Gasteiger partial charge in [0.2, 0.25) is 0 Å². The Balaban J connectivity index is 1.67. The van der Waals surface area contributed by atoms with Crippen molar-refractivity contribution >= 4 is 0 Å². The summed E-state index contributed by atoms with van der Waals surface area (Å²) in [6.45, 7) is 7.14. The van der Waals surface area contributed by atoms with Gasteiger partial charge in [0.1, 0.15) is 12.2 Å². The van der Waals surface area contributed by atoms with Crippen LogP contribution in [0.3, 0.4) is 0 Å². The van der Waals surface area contributed by atoms with Gasteiger partial charge < -0.3 is 4.57 Å². The van der Waals surface area contributed by atoms with Gasteiger partial charge in [0.15, 0.2) is 0 Å². The summed E-state index contributed by atoms with van der Waals surface area (Å²) >= 11 is 0. The van der Waals surface area contributed by atoms with Crippen molar-refractivity contribution in [1.29, 1.82) is 0 Å². The van der Waals surface area contributed by atoms with Crippen LogP contribution in [0.25, 0.3) is 0 Å².